The first kappa shape index (κ1) is 14.9. The molecule has 2 aromatic rings. The highest BCUT2D eigenvalue weighted by molar-refractivity contribution is 5.95. The third-order valence-corrected chi connectivity index (χ3v) is 3.12. The number of hydrogen-bond donors (Lipinski definition) is 1. The Bertz CT molecular complexity index is 647. The smallest absolute Gasteiger partial charge is 0.343 e. The first-order chi connectivity index (χ1) is 10.1. The van der Waals surface area contributed by atoms with E-state index in [1.54, 1.807) is 26.2 Å². The summed E-state index contributed by atoms with van der Waals surface area (Å²) in [6, 6.07) is 1.84. The summed E-state index contributed by atoms with van der Waals surface area (Å²) in [5, 5.41) is 0. The van der Waals surface area contributed by atoms with Gasteiger partial charge in [0.1, 0.15) is 11.4 Å². The topological polar surface area (TPSA) is 91.0 Å². The molecule has 0 bridgehead atoms. The average molecular weight is 286 g/mol. The molecule has 0 saturated carbocycles. The van der Waals surface area contributed by atoms with E-state index >= 15 is 0 Å². The van der Waals surface area contributed by atoms with Crippen molar-refractivity contribution in [1.29, 1.82) is 0 Å². The molecule has 0 fully saturated rings. The molecule has 0 amide bonds. The highest BCUT2D eigenvalue weighted by Crippen LogP contribution is 2.23. The molecule has 0 unspecified atom stereocenters. The quantitative estimate of drug-likeness (QED) is 0.866. The molecule has 110 valence electrons. The molecule has 0 aliphatic heterocycles. The lowest BCUT2D eigenvalue weighted by atomic mass is 10.1. The summed E-state index contributed by atoms with van der Waals surface area (Å²) in [5.74, 6) is 0.136. The molecular formula is C15H18N4O2. The van der Waals surface area contributed by atoms with Crippen LogP contribution in [-0.2, 0) is 11.2 Å². The highest BCUT2D eigenvalue weighted by Gasteiger charge is 2.19. The van der Waals surface area contributed by atoms with Crippen LogP contribution in [-0.4, -0.2) is 27.5 Å². The Hall–Kier alpha value is -2.50. The van der Waals surface area contributed by atoms with Crippen LogP contribution >= 0.6 is 0 Å². The van der Waals surface area contributed by atoms with Crippen LogP contribution in [0, 0.1) is 6.92 Å². The number of nitrogen functional groups attached to an aromatic ring is 1. The van der Waals surface area contributed by atoms with Crippen molar-refractivity contribution in [2.45, 2.75) is 27.2 Å². The number of aryl methyl sites for hydroxylation is 2. The van der Waals surface area contributed by atoms with Crippen molar-refractivity contribution in [1.82, 2.24) is 15.0 Å². The first-order valence-corrected chi connectivity index (χ1v) is 6.82. The van der Waals surface area contributed by atoms with Crippen LogP contribution in [0.1, 0.15) is 35.5 Å². The Balaban J connectivity index is 2.52. The lowest BCUT2D eigenvalue weighted by molar-refractivity contribution is 0.0526. The fraction of sp³-hybridized carbons (Fsp3) is 0.333. The van der Waals surface area contributed by atoms with Gasteiger partial charge in [-0.3, -0.25) is 4.98 Å². The molecule has 0 atom stereocenters. The summed E-state index contributed by atoms with van der Waals surface area (Å²) in [4.78, 5) is 24.6. The van der Waals surface area contributed by atoms with Crippen molar-refractivity contribution in [3.05, 3.63) is 35.3 Å². The van der Waals surface area contributed by atoms with E-state index in [9.17, 15) is 4.79 Å². The van der Waals surface area contributed by atoms with Crippen molar-refractivity contribution < 1.29 is 9.53 Å². The molecule has 0 aliphatic carbocycles. The normalized spacial score (nSPS) is 10.4. The van der Waals surface area contributed by atoms with Crippen LogP contribution in [0.3, 0.4) is 0 Å². The van der Waals surface area contributed by atoms with Gasteiger partial charge in [-0.15, -0.1) is 0 Å². The Morgan fingerprint density at radius 2 is 2.10 bits per heavy atom. The second-order valence-corrected chi connectivity index (χ2v) is 4.50. The minimum absolute atomic E-state index is 0.134. The molecule has 0 spiro atoms. The number of aromatic nitrogens is 3. The van der Waals surface area contributed by atoms with Crippen LogP contribution in [0.5, 0.6) is 0 Å². The third kappa shape index (κ3) is 2.99. The van der Waals surface area contributed by atoms with Crippen molar-refractivity contribution in [2.24, 2.45) is 0 Å². The highest BCUT2D eigenvalue weighted by atomic mass is 16.5. The van der Waals surface area contributed by atoms with E-state index in [2.05, 4.69) is 15.0 Å². The Labute approximate surface area is 123 Å². The number of carbonyl (C=O) groups is 1. The lowest BCUT2D eigenvalue weighted by Gasteiger charge is -2.11. The fourth-order valence-electron chi connectivity index (χ4n) is 2.10. The summed E-state index contributed by atoms with van der Waals surface area (Å²) >= 11 is 0. The predicted octanol–water partition coefficient (Wildman–Crippen LogP) is 2.17. The molecule has 2 rings (SSSR count). The van der Waals surface area contributed by atoms with Gasteiger partial charge in [-0.05, 0) is 31.9 Å². The largest absolute Gasteiger partial charge is 0.462 e. The van der Waals surface area contributed by atoms with E-state index in [4.69, 9.17) is 10.5 Å². The van der Waals surface area contributed by atoms with Gasteiger partial charge in [0.2, 0.25) is 0 Å². The maximum absolute atomic E-state index is 11.9. The van der Waals surface area contributed by atoms with E-state index in [0.29, 0.717) is 11.5 Å². The predicted molar refractivity (Wildman–Crippen MR) is 79.7 cm³/mol. The van der Waals surface area contributed by atoms with E-state index in [1.807, 2.05) is 13.0 Å². The van der Waals surface area contributed by atoms with Crippen LogP contribution in [0.15, 0.2) is 18.5 Å². The van der Waals surface area contributed by atoms with Crippen molar-refractivity contribution >= 4 is 11.8 Å². The summed E-state index contributed by atoms with van der Waals surface area (Å²) in [6.45, 7) is 5.78. The SMILES string of the molecule is CCOC(=O)c1c(C)nc(-c2ccncc2CC)nc1N. The maximum atomic E-state index is 11.9. The van der Waals surface area contributed by atoms with Crippen LogP contribution in [0.4, 0.5) is 5.82 Å². The third-order valence-electron chi connectivity index (χ3n) is 3.12. The van der Waals surface area contributed by atoms with Crippen molar-refractivity contribution in [3.63, 3.8) is 0 Å². The molecule has 0 aromatic carbocycles. The van der Waals surface area contributed by atoms with Gasteiger partial charge in [0.05, 0.1) is 12.3 Å². The Kier molecular flexibility index (Phi) is 4.47. The van der Waals surface area contributed by atoms with Crippen LogP contribution < -0.4 is 5.73 Å². The molecule has 2 heterocycles. The lowest BCUT2D eigenvalue weighted by Crippen LogP contribution is -2.14. The Morgan fingerprint density at radius 1 is 1.33 bits per heavy atom. The van der Waals surface area contributed by atoms with Gasteiger partial charge in [0, 0.05) is 18.0 Å². The first-order valence-electron chi connectivity index (χ1n) is 6.82. The fourth-order valence-corrected chi connectivity index (χ4v) is 2.10. The molecular weight excluding hydrogens is 268 g/mol. The summed E-state index contributed by atoms with van der Waals surface area (Å²) < 4.78 is 4.97. The number of esters is 1. The van der Waals surface area contributed by atoms with Gasteiger partial charge in [0.25, 0.3) is 0 Å². The monoisotopic (exact) mass is 286 g/mol. The summed E-state index contributed by atoms with van der Waals surface area (Å²) in [6.07, 6.45) is 4.28. The molecule has 0 radical (unpaired) electrons. The minimum atomic E-state index is -0.496. The number of pyridine rings is 1. The van der Waals surface area contributed by atoms with Gasteiger partial charge in [0.15, 0.2) is 5.82 Å². The average Bonchev–Trinajstić information content (AvgIpc) is 2.46. The zero-order valence-corrected chi connectivity index (χ0v) is 12.4. The second-order valence-electron chi connectivity index (χ2n) is 4.50. The zero-order valence-electron chi connectivity index (χ0n) is 12.4. The van der Waals surface area contributed by atoms with Gasteiger partial charge < -0.3 is 10.5 Å². The molecule has 6 nitrogen and oxygen atoms in total. The zero-order chi connectivity index (χ0) is 15.4. The number of anilines is 1. The molecule has 0 saturated heterocycles. The van der Waals surface area contributed by atoms with Crippen LogP contribution in [0.25, 0.3) is 11.4 Å². The van der Waals surface area contributed by atoms with Crippen LogP contribution in [0.2, 0.25) is 0 Å². The summed E-state index contributed by atoms with van der Waals surface area (Å²) in [7, 11) is 0. The van der Waals surface area contributed by atoms with E-state index in [1.165, 1.54) is 0 Å². The van der Waals surface area contributed by atoms with E-state index < -0.39 is 5.97 Å². The molecule has 2 N–H and O–H groups in total. The van der Waals surface area contributed by atoms with Gasteiger partial charge in [-0.2, -0.15) is 0 Å². The second kappa shape index (κ2) is 6.30. The number of hydrogen-bond acceptors (Lipinski definition) is 6. The van der Waals surface area contributed by atoms with Crippen molar-refractivity contribution in [2.75, 3.05) is 12.3 Å². The van der Waals surface area contributed by atoms with Gasteiger partial charge >= 0.3 is 5.97 Å². The molecule has 2 aromatic heterocycles. The number of nitrogens with two attached hydrogens (primary N) is 1. The molecule has 21 heavy (non-hydrogen) atoms. The number of carbonyl (C=O) groups excluding carboxylic acids is 1. The Morgan fingerprint density at radius 3 is 2.71 bits per heavy atom. The molecule has 6 heteroatoms. The van der Waals surface area contributed by atoms with E-state index in [0.717, 1.165) is 17.5 Å². The maximum Gasteiger partial charge on any atom is 0.343 e. The molecule has 0 aliphatic rings. The summed E-state index contributed by atoms with van der Waals surface area (Å²) in [5.41, 5.74) is 8.55. The van der Waals surface area contributed by atoms with Gasteiger partial charge in [-0.25, -0.2) is 14.8 Å². The van der Waals surface area contributed by atoms with Crippen molar-refractivity contribution in [3.8, 4) is 11.4 Å². The minimum Gasteiger partial charge on any atom is -0.462 e. The standard InChI is InChI=1S/C15H18N4O2/c1-4-10-8-17-7-6-11(10)14-18-9(3)12(13(16)19-14)15(20)21-5-2/h6-8H,4-5H2,1-3H3,(H2,16,18,19). The van der Waals surface area contributed by atoms with E-state index in [-0.39, 0.29) is 18.0 Å². The number of ether oxygens (including phenoxy) is 1. The van der Waals surface area contributed by atoms with Gasteiger partial charge in [-0.1, -0.05) is 6.92 Å². The number of nitrogens with zero attached hydrogens (tertiary/aromatic N) is 3. The number of rotatable bonds is 4.